The van der Waals surface area contributed by atoms with Gasteiger partial charge in [-0.25, -0.2) is 9.97 Å². The highest BCUT2D eigenvalue weighted by molar-refractivity contribution is 6.31. The molecular formula is C28H35ClN6O3. The molecule has 3 aliphatic rings. The summed E-state index contributed by atoms with van der Waals surface area (Å²) in [6.45, 7) is 11.9. The van der Waals surface area contributed by atoms with Crippen molar-refractivity contribution in [2.45, 2.75) is 64.8 Å². The number of ether oxygens (including phenoxy) is 1. The zero-order valence-corrected chi connectivity index (χ0v) is 23.1. The van der Waals surface area contributed by atoms with Gasteiger partial charge in [-0.15, -0.1) is 0 Å². The van der Waals surface area contributed by atoms with Gasteiger partial charge < -0.3 is 20.1 Å². The first kappa shape index (κ1) is 26.7. The Kier molecular flexibility index (Phi) is 7.01. The Hall–Kier alpha value is -2.93. The molecule has 2 saturated heterocycles. The smallest absolute Gasteiger partial charge is 0.254 e. The molecule has 1 saturated carbocycles. The number of nitrogens with zero attached hydrogens (tertiary/aromatic N) is 5. The van der Waals surface area contributed by atoms with E-state index in [0.29, 0.717) is 33.9 Å². The van der Waals surface area contributed by atoms with Crippen LogP contribution in [0.25, 0.3) is 0 Å². The number of halogens is 1. The summed E-state index contributed by atoms with van der Waals surface area (Å²) in [6.07, 6.45) is 4.51. The standard InChI is InChI=1S/C28H35ClN6O3/c1-27(2)24(28(3,4)25(27)38-21-6-5-17(12-30)22(29)11-21)33-23(37)18-13-31-26(32-14-18)35-15-19(16-35)34-9-7-20(36)8-10-34/h5-6,11,13-14,19-20,24-25,36H,7-10,15-16H2,1-4H3,(H,33,37). The van der Waals surface area contributed by atoms with E-state index >= 15 is 0 Å². The lowest BCUT2D eigenvalue weighted by atomic mass is 9.49. The molecule has 0 spiro atoms. The summed E-state index contributed by atoms with van der Waals surface area (Å²) < 4.78 is 6.31. The van der Waals surface area contributed by atoms with Crippen molar-refractivity contribution in [2.24, 2.45) is 10.8 Å². The van der Waals surface area contributed by atoms with Crippen LogP contribution in [0.3, 0.4) is 0 Å². The number of aliphatic hydroxyl groups is 1. The number of carbonyl (C=O) groups is 1. The lowest BCUT2D eigenvalue weighted by molar-refractivity contribution is -0.164. The Balaban J connectivity index is 1.17. The van der Waals surface area contributed by atoms with Crippen molar-refractivity contribution < 1.29 is 14.6 Å². The van der Waals surface area contributed by atoms with Crippen LogP contribution >= 0.6 is 11.6 Å². The summed E-state index contributed by atoms with van der Waals surface area (Å²) >= 11 is 6.19. The van der Waals surface area contributed by atoms with E-state index in [-0.39, 0.29) is 35.0 Å². The van der Waals surface area contributed by atoms with Gasteiger partial charge in [0.05, 0.1) is 22.3 Å². The first-order valence-electron chi connectivity index (χ1n) is 13.2. The third-order valence-electron chi connectivity index (χ3n) is 8.49. The van der Waals surface area contributed by atoms with Gasteiger partial charge in [0.15, 0.2) is 0 Å². The maximum atomic E-state index is 13.1. The summed E-state index contributed by atoms with van der Waals surface area (Å²) in [5.41, 5.74) is 0.126. The topological polar surface area (TPSA) is 115 Å². The Bertz CT molecular complexity index is 1210. The van der Waals surface area contributed by atoms with Gasteiger partial charge in [0.2, 0.25) is 5.95 Å². The van der Waals surface area contributed by atoms with Gasteiger partial charge in [0.1, 0.15) is 17.9 Å². The molecule has 10 heteroatoms. The van der Waals surface area contributed by atoms with Crippen molar-refractivity contribution >= 4 is 23.5 Å². The zero-order valence-electron chi connectivity index (χ0n) is 22.3. The van der Waals surface area contributed by atoms with Crippen LogP contribution in [0.1, 0.15) is 56.5 Å². The molecule has 1 aliphatic carbocycles. The van der Waals surface area contributed by atoms with Crippen LogP contribution < -0.4 is 15.0 Å². The number of nitrogens with one attached hydrogen (secondary N) is 1. The molecule has 2 aliphatic heterocycles. The van der Waals surface area contributed by atoms with E-state index < -0.39 is 0 Å². The van der Waals surface area contributed by atoms with Gasteiger partial charge in [-0.3, -0.25) is 9.69 Å². The monoisotopic (exact) mass is 538 g/mol. The fourth-order valence-electron chi connectivity index (χ4n) is 6.51. The summed E-state index contributed by atoms with van der Waals surface area (Å²) in [5, 5.41) is 22.4. The number of nitriles is 1. The largest absolute Gasteiger partial charge is 0.489 e. The second kappa shape index (κ2) is 9.99. The van der Waals surface area contributed by atoms with Gasteiger partial charge in [-0.1, -0.05) is 39.3 Å². The number of aromatic nitrogens is 2. The number of carbonyl (C=O) groups excluding carboxylic acids is 1. The number of amides is 1. The first-order valence-corrected chi connectivity index (χ1v) is 13.5. The predicted molar refractivity (Wildman–Crippen MR) is 144 cm³/mol. The Morgan fingerprint density at radius 2 is 1.79 bits per heavy atom. The molecule has 1 amide bonds. The van der Waals surface area contributed by atoms with E-state index in [2.05, 4.69) is 58.8 Å². The number of rotatable bonds is 6. The average molecular weight is 539 g/mol. The fourth-order valence-corrected chi connectivity index (χ4v) is 6.73. The quantitative estimate of drug-likeness (QED) is 0.576. The van der Waals surface area contributed by atoms with Gasteiger partial charge in [-0.05, 0) is 25.0 Å². The van der Waals surface area contributed by atoms with E-state index in [1.807, 2.05) is 0 Å². The van der Waals surface area contributed by atoms with E-state index in [0.717, 1.165) is 39.0 Å². The number of benzene rings is 1. The number of anilines is 1. The van der Waals surface area contributed by atoms with Gasteiger partial charge in [-0.2, -0.15) is 5.26 Å². The molecule has 1 aromatic carbocycles. The summed E-state index contributed by atoms with van der Waals surface area (Å²) in [4.78, 5) is 26.6. The van der Waals surface area contributed by atoms with Crippen molar-refractivity contribution in [3.05, 3.63) is 46.7 Å². The summed E-state index contributed by atoms with van der Waals surface area (Å²) in [6, 6.07) is 7.44. The minimum atomic E-state index is -0.350. The van der Waals surface area contributed by atoms with Crippen LogP contribution in [0, 0.1) is 22.2 Å². The second-order valence-corrected chi connectivity index (χ2v) is 12.3. The predicted octanol–water partition coefficient (Wildman–Crippen LogP) is 3.26. The normalized spacial score (nSPS) is 25.1. The molecular weight excluding hydrogens is 504 g/mol. The molecule has 0 unspecified atom stereocenters. The average Bonchev–Trinajstić information content (AvgIpc) is 2.86. The highest BCUT2D eigenvalue weighted by Gasteiger charge is 2.64. The van der Waals surface area contributed by atoms with Crippen LogP contribution in [-0.2, 0) is 0 Å². The molecule has 3 heterocycles. The van der Waals surface area contributed by atoms with Crippen molar-refractivity contribution in [1.82, 2.24) is 20.2 Å². The van der Waals surface area contributed by atoms with Crippen LogP contribution in [0.15, 0.2) is 30.6 Å². The van der Waals surface area contributed by atoms with Crippen molar-refractivity contribution in [2.75, 3.05) is 31.1 Å². The number of piperidine rings is 1. The van der Waals surface area contributed by atoms with Crippen molar-refractivity contribution in [3.63, 3.8) is 0 Å². The van der Waals surface area contributed by atoms with Crippen LogP contribution in [0.4, 0.5) is 5.95 Å². The Morgan fingerprint density at radius 3 is 2.37 bits per heavy atom. The molecule has 0 bridgehead atoms. The van der Waals surface area contributed by atoms with E-state index in [4.69, 9.17) is 21.6 Å². The van der Waals surface area contributed by atoms with Crippen LogP contribution in [-0.4, -0.2) is 76.4 Å². The minimum Gasteiger partial charge on any atom is -0.489 e. The maximum Gasteiger partial charge on any atom is 0.254 e. The lowest BCUT2D eigenvalue weighted by Crippen LogP contribution is -2.74. The molecule has 0 atom stereocenters. The molecule has 38 heavy (non-hydrogen) atoms. The third kappa shape index (κ3) is 4.81. The SMILES string of the molecule is CC1(C)C(NC(=O)c2cnc(N3CC(N4CCC(O)CC4)C3)nc2)C(C)(C)C1Oc1ccc(C#N)c(Cl)c1. The molecule has 0 radical (unpaired) electrons. The fraction of sp³-hybridized carbons (Fsp3) is 0.571. The number of hydrogen-bond acceptors (Lipinski definition) is 8. The van der Waals surface area contributed by atoms with Crippen LogP contribution in [0.2, 0.25) is 5.02 Å². The second-order valence-electron chi connectivity index (χ2n) is 11.9. The number of aliphatic hydroxyl groups excluding tert-OH is 1. The molecule has 2 aromatic rings. The number of hydrogen-bond donors (Lipinski definition) is 2. The maximum absolute atomic E-state index is 13.1. The first-order chi connectivity index (χ1) is 18.0. The molecule has 3 fully saturated rings. The van der Waals surface area contributed by atoms with Crippen molar-refractivity contribution in [3.8, 4) is 11.8 Å². The molecule has 1 aromatic heterocycles. The molecule has 9 nitrogen and oxygen atoms in total. The lowest BCUT2D eigenvalue weighted by Gasteiger charge is -2.63. The molecule has 5 rings (SSSR count). The van der Waals surface area contributed by atoms with Crippen molar-refractivity contribution in [1.29, 1.82) is 5.26 Å². The van der Waals surface area contributed by atoms with Crippen LogP contribution in [0.5, 0.6) is 5.75 Å². The van der Waals surface area contributed by atoms with E-state index in [9.17, 15) is 9.90 Å². The summed E-state index contributed by atoms with van der Waals surface area (Å²) in [7, 11) is 0. The summed E-state index contributed by atoms with van der Waals surface area (Å²) in [5.74, 6) is 1.02. The third-order valence-corrected chi connectivity index (χ3v) is 8.80. The van der Waals surface area contributed by atoms with Gasteiger partial charge in [0.25, 0.3) is 5.91 Å². The van der Waals surface area contributed by atoms with E-state index in [1.165, 1.54) is 0 Å². The highest BCUT2D eigenvalue weighted by Crippen LogP contribution is 2.55. The molecule has 2 N–H and O–H groups in total. The van der Waals surface area contributed by atoms with E-state index in [1.54, 1.807) is 30.6 Å². The Labute approximate surface area is 228 Å². The number of likely N-dealkylation sites (tertiary alicyclic amines) is 1. The highest BCUT2D eigenvalue weighted by atomic mass is 35.5. The van der Waals surface area contributed by atoms with Gasteiger partial charge >= 0.3 is 0 Å². The van der Waals surface area contributed by atoms with Gasteiger partial charge in [0, 0.05) is 67.6 Å². The zero-order chi connectivity index (χ0) is 27.2. The Morgan fingerprint density at radius 1 is 1.16 bits per heavy atom. The molecule has 202 valence electrons. The minimum absolute atomic E-state index is 0.139.